The second-order valence-electron chi connectivity index (χ2n) is 4.41. The molecule has 2 aromatic rings. The summed E-state index contributed by atoms with van der Waals surface area (Å²) in [5, 5.41) is 0. The average molecular weight is 191 g/mol. The fourth-order valence-electron chi connectivity index (χ4n) is 1.56. The molecular weight excluding hydrogens is 178 g/mol. The fourth-order valence-corrected chi connectivity index (χ4v) is 1.56. The average Bonchev–Trinajstić information content (AvgIpc) is 2.41. The van der Waals surface area contributed by atoms with Crippen LogP contribution < -0.4 is 5.69 Å². The van der Waals surface area contributed by atoms with Crippen molar-refractivity contribution in [1.82, 2.24) is 15.0 Å². The zero-order valence-electron chi connectivity index (χ0n) is 8.51. The van der Waals surface area contributed by atoms with Crippen LogP contribution in [0.15, 0.2) is 17.1 Å². The molecule has 4 nitrogen and oxygen atoms in total. The Hall–Kier alpha value is -1.58. The van der Waals surface area contributed by atoms with Crippen LogP contribution in [0.5, 0.6) is 0 Å². The second kappa shape index (κ2) is 2.70. The third kappa shape index (κ3) is 1.32. The Kier molecular flexibility index (Phi) is 1.74. The van der Waals surface area contributed by atoms with E-state index >= 15 is 0 Å². The van der Waals surface area contributed by atoms with E-state index in [-0.39, 0.29) is 11.1 Å². The first-order valence-electron chi connectivity index (χ1n) is 4.56. The van der Waals surface area contributed by atoms with Crippen LogP contribution in [0.3, 0.4) is 0 Å². The summed E-state index contributed by atoms with van der Waals surface area (Å²) < 4.78 is 0. The van der Waals surface area contributed by atoms with E-state index in [9.17, 15) is 4.79 Å². The van der Waals surface area contributed by atoms with Crippen molar-refractivity contribution >= 4 is 11.2 Å². The summed E-state index contributed by atoms with van der Waals surface area (Å²) in [6.07, 6.45) is 1.71. The normalized spacial score (nSPS) is 12.2. The van der Waals surface area contributed by atoms with Gasteiger partial charge in [0.05, 0.1) is 5.52 Å². The number of nitrogens with one attached hydrogen (secondary N) is 2. The van der Waals surface area contributed by atoms with Crippen molar-refractivity contribution in [2.24, 2.45) is 0 Å². The molecule has 4 heteroatoms. The van der Waals surface area contributed by atoms with Crippen LogP contribution in [0.25, 0.3) is 11.2 Å². The van der Waals surface area contributed by atoms with Gasteiger partial charge in [0.25, 0.3) is 0 Å². The Balaban J connectivity index is 2.83. The SMILES string of the molecule is CC(C)(C)c1ccnc2[nH]c(=O)[nH]c12. The van der Waals surface area contributed by atoms with Crippen LogP contribution in [0.2, 0.25) is 0 Å². The number of hydrogen-bond acceptors (Lipinski definition) is 2. The summed E-state index contributed by atoms with van der Waals surface area (Å²) >= 11 is 0. The first-order chi connectivity index (χ1) is 6.48. The Morgan fingerprint density at radius 2 is 2.00 bits per heavy atom. The highest BCUT2D eigenvalue weighted by Gasteiger charge is 2.18. The molecule has 0 saturated heterocycles. The monoisotopic (exact) mass is 191 g/mol. The summed E-state index contributed by atoms with van der Waals surface area (Å²) in [6, 6.07) is 1.94. The molecule has 0 aliphatic carbocycles. The van der Waals surface area contributed by atoms with E-state index in [1.54, 1.807) is 6.20 Å². The molecule has 0 spiro atoms. The topological polar surface area (TPSA) is 61.5 Å². The fraction of sp³-hybridized carbons (Fsp3) is 0.400. The van der Waals surface area contributed by atoms with Crippen molar-refractivity contribution in [2.45, 2.75) is 26.2 Å². The van der Waals surface area contributed by atoms with Crippen molar-refractivity contribution in [2.75, 3.05) is 0 Å². The number of fused-ring (bicyclic) bond motifs is 1. The largest absolute Gasteiger partial charge is 0.325 e. The van der Waals surface area contributed by atoms with Gasteiger partial charge in [0.15, 0.2) is 5.65 Å². The number of hydrogen-bond donors (Lipinski definition) is 2. The minimum atomic E-state index is -0.204. The number of rotatable bonds is 0. The van der Waals surface area contributed by atoms with Crippen molar-refractivity contribution in [3.8, 4) is 0 Å². The molecule has 0 saturated carbocycles. The molecule has 2 aromatic heterocycles. The summed E-state index contributed by atoms with van der Waals surface area (Å²) in [4.78, 5) is 20.6. The standard InChI is InChI=1S/C10H13N3O/c1-10(2,3)6-4-5-11-8-7(6)12-9(14)13-8/h4-5H,1-3H3,(H2,11,12,13,14). The zero-order chi connectivity index (χ0) is 10.3. The first kappa shape index (κ1) is 8.99. The van der Waals surface area contributed by atoms with Gasteiger partial charge >= 0.3 is 5.69 Å². The lowest BCUT2D eigenvalue weighted by Crippen LogP contribution is -2.12. The molecular formula is C10H13N3O. The minimum Gasteiger partial charge on any atom is -0.304 e. The van der Waals surface area contributed by atoms with Gasteiger partial charge < -0.3 is 4.98 Å². The highest BCUT2D eigenvalue weighted by molar-refractivity contribution is 5.75. The van der Waals surface area contributed by atoms with Gasteiger partial charge in [-0.1, -0.05) is 20.8 Å². The number of aromatic amines is 2. The van der Waals surface area contributed by atoms with E-state index in [0.29, 0.717) is 5.65 Å². The van der Waals surface area contributed by atoms with Crippen LogP contribution in [-0.4, -0.2) is 15.0 Å². The molecule has 0 atom stereocenters. The second-order valence-corrected chi connectivity index (χ2v) is 4.41. The lowest BCUT2D eigenvalue weighted by Gasteiger charge is -2.18. The van der Waals surface area contributed by atoms with Gasteiger partial charge in [0.1, 0.15) is 0 Å². The van der Waals surface area contributed by atoms with Gasteiger partial charge in [-0.2, -0.15) is 0 Å². The molecule has 74 valence electrons. The zero-order valence-corrected chi connectivity index (χ0v) is 8.51. The highest BCUT2D eigenvalue weighted by atomic mass is 16.1. The van der Waals surface area contributed by atoms with E-state index in [1.807, 2.05) is 6.07 Å². The number of imidazole rings is 1. The lowest BCUT2D eigenvalue weighted by molar-refractivity contribution is 0.594. The molecule has 0 fully saturated rings. The Morgan fingerprint density at radius 3 is 2.64 bits per heavy atom. The van der Waals surface area contributed by atoms with E-state index in [2.05, 4.69) is 35.7 Å². The summed E-state index contributed by atoms with van der Waals surface area (Å²) in [6.45, 7) is 6.31. The van der Waals surface area contributed by atoms with Gasteiger partial charge in [0, 0.05) is 6.20 Å². The lowest BCUT2D eigenvalue weighted by atomic mass is 9.87. The molecule has 2 heterocycles. The van der Waals surface area contributed by atoms with Crippen LogP contribution in [-0.2, 0) is 5.41 Å². The molecule has 0 aliphatic rings. The predicted molar refractivity (Wildman–Crippen MR) is 55.4 cm³/mol. The van der Waals surface area contributed by atoms with Crippen LogP contribution in [0.4, 0.5) is 0 Å². The van der Waals surface area contributed by atoms with E-state index in [4.69, 9.17) is 0 Å². The van der Waals surface area contributed by atoms with Crippen LogP contribution >= 0.6 is 0 Å². The van der Waals surface area contributed by atoms with Crippen molar-refractivity contribution in [3.63, 3.8) is 0 Å². The van der Waals surface area contributed by atoms with E-state index in [1.165, 1.54) is 0 Å². The molecule has 14 heavy (non-hydrogen) atoms. The maximum absolute atomic E-state index is 11.1. The number of aromatic nitrogens is 3. The minimum absolute atomic E-state index is 0.00627. The van der Waals surface area contributed by atoms with Crippen molar-refractivity contribution in [3.05, 3.63) is 28.3 Å². The maximum Gasteiger partial charge on any atom is 0.325 e. The summed E-state index contributed by atoms with van der Waals surface area (Å²) in [5.41, 5.74) is 2.34. The first-order valence-corrected chi connectivity index (χ1v) is 4.56. The Labute approximate surface area is 81.4 Å². The van der Waals surface area contributed by atoms with Gasteiger partial charge in [-0.25, -0.2) is 9.78 Å². The summed E-state index contributed by atoms with van der Waals surface area (Å²) in [7, 11) is 0. The van der Waals surface area contributed by atoms with Crippen molar-refractivity contribution in [1.29, 1.82) is 0 Å². The molecule has 0 unspecified atom stereocenters. The van der Waals surface area contributed by atoms with Crippen molar-refractivity contribution < 1.29 is 0 Å². The molecule has 0 bridgehead atoms. The number of nitrogens with zero attached hydrogens (tertiary/aromatic N) is 1. The van der Waals surface area contributed by atoms with Crippen LogP contribution in [0.1, 0.15) is 26.3 Å². The van der Waals surface area contributed by atoms with Gasteiger partial charge in [-0.3, -0.25) is 4.98 Å². The van der Waals surface area contributed by atoms with Gasteiger partial charge in [-0.05, 0) is 17.0 Å². The molecule has 0 aliphatic heterocycles. The highest BCUT2D eigenvalue weighted by Crippen LogP contribution is 2.25. The third-order valence-electron chi connectivity index (χ3n) is 2.23. The smallest absolute Gasteiger partial charge is 0.304 e. The molecule has 2 rings (SSSR count). The molecule has 0 radical (unpaired) electrons. The van der Waals surface area contributed by atoms with Gasteiger partial charge in [-0.15, -0.1) is 0 Å². The van der Waals surface area contributed by atoms with Crippen LogP contribution in [0, 0.1) is 0 Å². The Bertz CT molecular complexity index is 516. The number of H-pyrrole nitrogens is 2. The van der Waals surface area contributed by atoms with E-state index in [0.717, 1.165) is 11.1 Å². The van der Waals surface area contributed by atoms with Gasteiger partial charge in [0.2, 0.25) is 0 Å². The molecule has 0 amide bonds. The summed E-state index contributed by atoms with van der Waals surface area (Å²) in [5.74, 6) is 0. The third-order valence-corrected chi connectivity index (χ3v) is 2.23. The van der Waals surface area contributed by atoms with E-state index < -0.39 is 0 Å². The number of pyridine rings is 1. The maximum atomic E-state index is 11.1. The molecule has 0 aromatic carbocycles. The molecule has 2 N–H and O–H groups in total. The Morgan fingerprint density at radius 1 is 1.29 bits per heavy atom. The predicted octanol–water partition coefficient (Wildman–Crippen LogP) is 1.55. The quantitative estimate of drug-likeness (QED) is 0.663.